The number of hydrogen-bond donors (Lipinski definition) is 2. The molecule has 0 radical (unpaired) electrons. The van der Waals surface area contributed by atoms with Crippen molar-refractivity contribution in [2.75, 3.05) is 5.32 Å². The summed E-state index contributed by atoms with van der Waals surface area (Å²) in [6, 6.07) is 14.4. The van der Waals surface area contributed by atoms with Crippen molar-refractivity contribution in [1.82, 2.24) is 5.32 Å². The second-order valence-electron chi connectivity index (χ2n) is 6.55. The molecule has 2 N–H and O–H groups in total. The fraction of sp³-hybridized carbons (Fsp3) is 0.143. The van der Waals surface area contributed by atoms with E-state index < -0.39 is 5.25 Å². The number of thiophene rings is 1. The van der Waals surface area contributed by atoms with Gasteiger partial charge in [-0.05, 0) is 58.3 Å². The number of anilines is 1. The molecule has 0 saturated heterocycles. The van der Waals surface area contributed by atoms with E-state index in [9.17, 15) is 9.59 Å². The van der Waals surface area contributed by atoms with Crippen molar-refractivity contribution in [3.05, 3.63) is 80.5 Å². The lowest BCUT2D eigenvalue weighted by atomic mass is 10.0. The Hall–Kier alpha value is -1.99. The molecule has 2 aromatic carbocycles. The van der Waals surface area contributed by atoms with Gasteiger partial charge in [-0.2, -0.15) is 11.3 Å². The summed E-state index contributed by atoms with van der Waals surface area (Å²) in [5.74, 6) is -0.389. The Morgan fingerprint density at radius 3 is 2.55 bits per heavy atom. The summed E-state index contributed by atoms with van der Waals surface area (Å²) in [4.78, 5) is 26.2. The highest BCUT2D eigenvalue weighted by atomic mass is 35.5. The fourth-order valence-corrected chi connectivity index (χ4v) is 5.17. The molecule has 4 nitrogen and oxygen atoms in total. The maximum atomic E-state index is 12.8. The number of halogens is 2. The average Bonchev–Trinajstić information content (AvgIpc) is 3.22. The number of rotatable bonds is 5. The van der Waals surface area contributed by atoms with Gasteiger partial charge in [-0.15, -0.1) is 11.8 Å². The maximum Gasteiger partial charge on any atom is 0.238 e. The Morgan fingerprint density at radius 2 is 1.83 bits per heavy atom. The molecule has 0 fully saturated rings. The third kappa shape index (κ3) is 4.78. The topological polar surface area (TPSA) is 58.2 Å². The molecule has 29 heavy (non-hydrogen) atoms. The lowest BCUT2D eigenvalue weighted by Crippen LogP contribution is -2.36. The molecule has 2 heterocycles. The number of fused-ring (bicyclic) bond motifs is 1. The minimum atomic E-state index is -0.503. The normalized spacial score (nSPS) is 16.6. The van der Waals surface area contributed by atoms with Crippen LogP contribution >= 0.6 is 46.3 Å². The Bertz CT molecular complexity index is 1040. The summed E-state index contributed by atoms with van der Waals surface area (Å²) in [7, 11) is 0. The van der Waals surface area contributed by atoms with Crippen LogP contribution in [0.3, 0.4) is 0 Å². The van der Waals surface area contributed by atoms with Crippen LogP contribution in [0.5, 0.6) is 0 Å². The molecule has 1 aromatic heterocycles. The fourth-order valence-electron chi connectivity index (χ4n) is 3.10. The average molecular weight is 463 g/mol. The summed E-state index contributed by atoms with van der Waals surface area (Å²) in [6.07, 6.45) is 0.0762. The summed E-state index contributed by atoms with van der Waals surface area (Å²) >= 11 is 14.9. The number of nitrogens with one attached hydrogen (secondary N) is 2. The van der Waals surface area contributed by atoms with E-state index in [4.69, 9.17) is 23.2 Å². The summed E-state index contributed by atoms with van der Waals surface area (Å²) in [6.45, 7) is 0. The quantitative estimate of drug-likeness (QED) is 0.506. The molecule has 1 aliphatic heterocycles. The highest BCUT2D eigenvalue weighted by molar-refractivity contribution is 8.01. The lowest BCUT2D eigenvalue weighted by Gasteiger charge is -2.25. The molecular formula is C21H16Cl2N2O2S2. The number of hydrogen-bond acceptors (Lipinski definition) is 4. The standard InChI is InChI=1S/C21H16Cl2N2O2S2/c22-14-3-1-12(2-4-14)20(13-7-8-28-11-13)25-19(26)10-18-21(27)24-16-9-15(23)5-6-17(16)29-18/h1-9,11,18,20H,10H2,(H,24,27)(H,25,26). The van der Waals surface area contributed by atoms with Gasteiger partial charge in [0.2, 0.25) is 11.8 Å². The largest absolute Gasteiger partial charge is 0.345 e. The van der Waals surface area contributed by atoms with Crippen molar-refractivity contribution in [2.24, 2.45) is 0 Å². The summed E-state index contributed by atoms with van der Waals surface area (Å²) in [5, 5.41) is 10.6. The number of thioether (sulfide) groups is 1. The SMILES string of the molecule is O=C(CC1Sc2ccc(Cl)cc2NC1=O)NC(c1ccc(Cl)cc1)c1ccsc1. The van der Waals surface area contributed by atoms with Crippen LogP contribution in [0.1, 0.15) is 23.6 Å². The van der Waals surface area contributed by atoms with Gasteiger partial charge in [0.15, 0.2) is 0 Å². The summed E-state index contributed by atoms with van der Waals surface area (Å²) in [5.41, 5.74) is 2.61. The first kappa shape index (κ1) is 20.3. The van der Waals surface area contributed by atoms with Crippen LogP contribution in [-0.4, -0.2) is 17.1 Å². The van der Waals surface area contributed by atoms with Gasteiger partial charge in [0, 0.05) is 21.4 Å². The van der Waals surface area contributed by atoms with Crippen molar-refractivity contribution in [1.29, 1.82) is 0 Å². The van der Waals surface area contributed by atoms with Crippen LogP contribution < -0.4 is 10.6 Å². The van der Waals surface area contributed by atoms with Gasteiger partial charge < -0.3 is 10.6 Å². The third-order valence-electron chi connectivity index (χ3n) is 4.52. The minimum Gasteiger partial charge on any atom is -0.345 e. The van der Waals surface area contributed by atoms with Crippen molar-refractivity contribution >= 4 is 63.8 Å². The molecule has 148 valence electrons. The Morgan fingerprint density at radius 1 is 1.07 bits per heavy atom. The van der Waals surface area contributed by atoms with Crippen molar-refractivity contribution in [3.8, 4) is 0 Å². The second kappa shape index (κ2) is 8.79. The summed E-state index contributed by atoms with van der Waals surface area (Å²) < 4.78 is 0. The Balaban J connectivity index is 1.49. The van der Waals surface area contributed by atoms with E-state index in [0.717, 1.165) is 16.0 Å². The van der Waals surface area contributed by atoms with E-state index in [2.05, 4.69) is 10.6 Å². The van der Waals surface area contributed by atoms with Crippen LogP contribution in [0.15, 0.2) is 64.2 Å². The van der Waals surface area contributed by atoms with Gasteiger partial charge in [-0.3, -0.25) is 9.59 Å². The van der Waals surface area contributed by atoms with Gasteiger partial charge in [0.05, 0.1) is 17.0 Å². The van der Waals surface area contributed by atoms with E-state index in [0.29, 0.717) is 15.7 Å². The first-order valence-electron chi connectivity index (χ1n) is 8.83. The Kier molecular flexibility index (Phi) is 6.15. The zero-order valence-electron chi connectivity index (χ0n) is 15.0. The van der Waals surface area contributed by atoms with Crippen LogP contribution in [-0.2, 0) is 9.59 Å². The van der Waals surface area contributed by atoms with E-state index in [1.54, 1.807) is 35.6 Å². The zero-order chi connectivity index (χ0) is 20.4. The number of carbonyl (C=O) groups excluding carboxylic acids is 2. The van der Waals surface area contributed by atoms with E-state index in [-0.39, 0.29) is 24.3 Å². The van der Waals surface area contributed by atoms with Crippen LogP contribution in [0.25, 0.3) is 0 Å². The first-order chi connectivity index (χ1) is 14.0. The predicted octanol–water partition coefficient (Wildman–Crippen LogP) is 5.76. The van der Waals surface area contributed by atoms with Crippen molar-refractivity contribution < 1.29 is 9.59 Å². The maximum absolute atomic E-state index is 12.8. The van der Waals surface area contributed by atoms with Crippen molar-refractivity contribution in [2.45, 2.75) is 22.6 Å². The molecule has 0 spiro atoms. The molecule has 2 unspecified atom stereocenters. The van der Waals surface area contributed by atoms with Gasteiger partial charge in [-0.25, -0.2) is 0 Å². The molecule has 2 atom stereocenters. The molecular weight excluding hydrogens is 447 g/mol. The third-order valence-corrected chi connectivity index (χ3v) is 6.98. The molecule has 4 rings (SSSR count). The predicted molar refractivity (Wildman–Crippen MR) is 120 cm³/mol. The molecule has 2 amide bonds. The number of benzene rings is 2. The second-order valence-corrected chi connectivity index (χ2v) is 9.45. The highest BCUT2D eigenvalue weighted by Crippen LogP contribution is 2.38. The minimum absolute atomic E-state index is 0.0762. The number of carbonyl (C=O) groups is 2. The van der Waals surface area contributed by atoms with Gasteiger partial charge >= 0.3 is 0 Å². The molecule has 0 bridgehead atoms. The van der Waals surface area contributed by atoms with Gasteiger partial charge in [0.1, 0.15) is 0 Å². The lowest BCUT2D eigenvalue weighted by molar-refractivity contribution is -0.124. The van der Waals surface area contributed by atoms with E-state index in [1.165, 1.54) is 11.8 Å². The van der Waals surface area contributed by atoms with Crippen LogP contribution in [0.4, 0.5) is 5.69 Å². The highest BCUT2D eigenvalue weighted by Gasteiger charge is 2.30. The van der Waals surface area contributed by atoms with E-state index >= 15 is 0 Å². The molecule has 1 aliphatic rings. The number of amides is 2. The van der Waals surface area contributed by atoms with E-state index in [1.807, 2.05) is 35.0 Å². The van der Waals surface area contributed by atoms with Gasteiger partial charge in [0.25, 0.3) is 0 Å². The molecule has 3 aromatic rings. The monoisotopic (exact) mass is 462 g/mol. The molecule has 0 saturated carbocycles. The zero-order valence-corrected chi connectivity index (χ0v) is 18.2. The van der Waals surface area contributed by atoms with Crippen LogP contribution in [0, 0.1) is 0 Å². The smallest absolute Gasteiger partial charge is 0.238 e. The van der Waals surface area contributed by atoms with Crippen LogP contribution in [0.2, 0.25) is 10.0 Å². The molecule has 0 aliphatic carbocycles. The van der Waals surface area contributed by atoms with Crippen molar-refractivity contribution in [3.63, 3.8) is 0 Å². The molecule has 8 heteroatoms. The first-order valence-corrected chi connectivity index (χ1v) is 11.4. The van der Waals surface area contributed by atoms with Gasteiger partial charge in [-0.1, -0.05) is 35.3 Å². The Labute approximate surface area is 186 Å².